The highest BCUT2D eigenvalue weighted by Gasteiger charge is 2.20. The van der Waals surface area contributed by atoms with Gasteiger partial charge in [-0.05, 0) is 55.2 Å². The number of hydrogen-bond acceptors (Lipinski definition) is 3. The second-order valence-electron chi connectivity index (χ2n) is 6.26. The van der Waals surface area contributed by atoms with E-state index in [0.717, 1.165) is 25.9 Å². The van der Waals surface area contributed by atoms with E-state index in [1.807, 2.05) is 0 Å². The van der Waals surface area contributed by atoms with Gasteiger partial charge in [-0.15, -0.1) is 0 Å². The molecule has 0 saturated carbocycles. The van der Waals surface area contributed by atoms with Crippen LogP contribution in [0.1, 0.15) is 28.8 Å². The van der Waals surface area contributed by atoms with Crippen LogP contribution in [0.15, 0.2) is 53.4 Å². The first-order valence-corrected chi connectivity index (χ1v) is 10.1. The van der Waals surface area contributed by atoms with Gasteiger partial charge in [0.1, 0.15) is 5.82 Å². The van der Waals surface area contributed by atoms with Gasteiger partial charge in [0.2, 0.25) is 10.0 Å². The summed E-state index contributed by atoms with van der Waals surface area (Å²) in [5.41, 5.74) is 0.943. The summed E-state index contributed by atoms with van der Waals surface area (Å²) in [7, 11) is -3.70. The standard InChI is InChI=1S/C19H21FN2O3S/c20-18-6-2-1-5-15(18)11-12-21-26(24,25)17-9-7-16(8-10-17)19(23)22-13-3-4-14-22/h1-2,5-10,21H,3-4,11-14H2. The van der Waals surface area contributed by atoms with Crippen LogP contribution < -0.4 is 4.72 Å². The smallest absolute Gasteiger partial charge is 0.253 e. The molecule has 1 saturated heterocycles. The SMILES string of the molecule is O=C(c1ccc(S(=O)(=O)NCCc2ccccc2F)cc1)N1CCCC1. The zero-order valence-corrected chi connectivity index (χ0v) is 15.1. The number of benzene rings is 2. The van der Waals surface area contributed by atoms with Crippen molar-refractivity contribution in [3.63, 3.8) is 0 Å². The van der Waals surface area contributed by atoms with Gasteiger partial charge in [-0.1, -0.05) is 18.2 Å². The lowest BCUT2D eigenvalue weighted by Crippen LogP contribution is -2.28. The monoisotopic (exact) mass is 376 g/mol. The van der Waals surface area contributed by atoms with E-state index in [4.69, 9.17) is 0 Å². The van der Waals surface area contributed by atoms with Crippen molar-refractivity contribution in [2.75, 3.05) is 19.6 Å². The number of amides is 1. The summed E-state index contributed by atoms with van der Waals surface area (Å²) >= 11 is 0. The molecule has 0 bridgehead atoms. The number of nitrogens with one attached hydrogen (secondary N) is 1. The van der Waals surface area contributed by atoms with E-state index in [1.165, 1.54) is 30.3 Å². The maximum Gasteiger partial charge on any atom is 0.253 e. The Morgan fingerprint density at radius 3 is 2.35 bits per heavy atom. The Bertz CT molecular complexity index is 876. The highest BCUT2D eigenvalue weighted by atomic mass is 32.2. The fraction of sp³-hybridized carbons (Fsp3) is 0.316. The molecule has 7 heteroatoms. The summed E-state index contributed by atoms with van der Waals surface area (Å²) < 4.78 is 40.7. The first-order valence-electron chi connectivity index (χ1n) is 8.60. The van der Waals surface area contributed by atoms with Gasteiger partial charge < -0.3 is 4.90 Å². The van der Waals surface area contributed by atoms with Crippen LogP contribution in [0.25, 0.3) is 0 Å². The third kappa shape index (κ3) is 4.28. The van der Waals surface area contributed by atoms with E-state index in [9.17, 15) is 17.6 Å². The fourth-order valence-electron chi connectivity index (χ4n) is 2.98. The van der Waals surface area contributed by atoms with Gasteiger partial charge in [0.05, 0.1) is 4.90 Å². The summed E-state index contributed by atoms with van der Waals surface area (Å²) in [6.07, 6.45) is 2.27. The minimum atomic E-state index is -3.70. The van der Waals surface area contributed by atoms with Gasteiger partial charge in [-0.25, -0.2) is 17.5 Å². The van der Waals surface area contributed by atoms with E-state index in [-0.39, 0.29) is 29.6 Å². The van der Waals surface area contributed by atoms with Crippen molar-refractivity contribution in [1.29, 1.82) is 0 Å². The Labute approximate surface area is 152 Å². The molecule has 1 heterocycles. The first kappa shape index (κ1) is 18.5. The van der Waals surface area contributed by atoms with Gasteiger partial charge >= 0.3 is 0 Å². The van der Waals surface area contributed by atoms with Crippen LogP contribution in [-0.4, -0.2) is 38.9 Å². The minimum absolute atomic E-state index is 0.0704. The van der Waals surface area contributed by atoms with Crippen molar-refractivity contribution in [1.82, 2.24) is 9.62 Å². The molecule has 3 rings (SSSR count). The van der Waals surface area contributed by atoms with E-state index >= 15 is 0 Å². The highest BCUT2D eigenvalue weighted by Crippen LogP contribution is 2.16. The van der Waals surface area contributed by atoms with Crippen LogP contribution in [0.2, 0.25) is 0 Å². The molecular formula is C19H21FN2O3S. The summed E-state index contributed by atoms with van der Waals surface area (Å²) in [6.45, 7) is 1.59. The van der Waals surface area contributed by atoms with Crippen LogP contribution in [0, 0.1) is 5.82 Å². The molecule has 0 aromatic heterocycles. The zero-order valence-electron chi connectivity index (χ0n) is 14.3. The van der Waals surface area contributed by atoms with Gasteiger partial charge in [-0.3, -0.25) is 4.79 Å². The van der Waals surface area contributed by atoms with Crippen molar-refractivity contribution >= 4 is 15.9 Å². The maximum atomic E-state index is 13.6. The Morgan fingerprint density at radius 1 is 1.04 bits per heavy atom. The van der Waals surface area contributed by atoms with Gasteiger partial charge in [0.25, 0.3) is 5.91 Å². The second-order valence-corrected chi connectivity index (χ2v) is 8.03. The molecular weight excluding hydrogens is 355 g/mol. The number of nitrogens with zero attached hydrogens (tertiary/aromatic N) is 1. The third-order valence-corrected chi connectivity index (χ3v) is 5.93. The molecule has 2 aromatic carbocycles. The second kappa shape index (κ2) is 7.97. The van der Waals surface area contributed by atoms with E-state index < -0.39 is 10.0 Å². The largest absolute Gasteiger partial charge is 0.339 e. The number of carbonyl (C=O) groups excluding carboxylic acids is 1. The lowest BCUT2D eigenvalue weighted by molar-refractivity contribution is 0.0792. The molecule has 2 aromatic rings. The summed E-state index contributed by atoms with van der Waals surface area (Å²) in [5.74, 6) is -0.421. The molecule has 1 aliphatic rings. The van der Waals surface area contributed by atoms with Crippen molar-refractivity contribution in [2.24, 2.45) is 0 Å². The fourth-order valence-corrected chi connectivity index (χ4v) is 4.02. The molecule has 138 valence electrons. The number of hydrogen-bond donors (Lipinski definition) is 1. The van der Waals surface area contributed by atoms with Gasteiger partial charge in [0, 0.05) is 25.2 Å². The van der Waals surface area contributed by atoms with Gasteiger partial charge in [0.15, 0.2) is 0 Å². The van der Waals surface area contributed by atoms with E-state index in [2.05, 4.69) is 4.72 Å². The molecule has 0 aliphatic carbocycles. The third-order valence-electron chi connectivity index (χ3n) is 4.45. The molecule has 1 aliphatic heterocycles. The lowest BCUT2D eigenvalue weighted by Gasteiger charge is -2.15. The summed E-state index contributed by atoms with van der Waals surface area (Å²) in [6, 6.07) is 12.2. The Morgan fingerprint density at radius 2 is 1.69 bits per heavy atom. The molecule has 1 N–H and O–H groups in total. The Kier molecular flexibility index (Phi) is 5.68. The molecule has 1 fully saturated rings. The number of carbonyl (C=O) groups is 1. The number of likely N-dealkylation sites (tertiary alicyclic amines) is 1. The average Bonchev–Trinajstić information content (AvgIpc) is 3.17. The van der Waals surface area contributed by atoms with Crippen LogP contribution >= 0.6 is 0 Å². The van der Waals surface area contributed by atoms with Crippen LogP contribution in [0.3, 0.4) is 0 Å². The normalized spacial score (nSPS) is 14.6. The first-order chi connectivity index (χ1) is 12.5. The molecule has 0 atom stereocenters. The summed E-state index contributed by atoms with van der Waals surface area (Å²) in [5, 5.41) is 0. The predicted octanol–water partition coefficient (Wildman–Crippen LogP) is 2.58. The summed E-state index contributed by atoms with van der Waals surface area (Å²) in [4.78, 5) is 14.2. The Balaban J connectivity index is 1.62. The van der Waals surface area contributed by atoms with Crippen molar-refractivity contribution in [3.8, 4) is 0 Å². The Hall–Kier alpha value is -2.25. The van der Waals surface area contributed by atoms with E-state index in [0.29, 0.717) is 11.1 Å². The van der Waals surface area contributed by atoms with Gasteiger partial charge in [-0.2, -0.15) is 0 Å². The number of rotatable bonds is 6. The maximum absolute atomic E-state index is 13.6. The number of sulfonamides is 1. The van der Waals surface area contributed by atoms with Crippen molar-refractivity contribution in [2.45, 2.75) is 24.2 Å². The average molecular weight is 376 g/mol. The van der Waals surface area contributed by atoms with Crippen LogP contribution in [0.5, 0.6) is 0 Å². The topological polar surface area (TPSA) is 66.5 Å². The number of halogens is 1. The van der Waals surface area contributed by atoms with E-state index in [1.54, 1.807) is 23.1 Å². The van der Waals surface area contributed by atoms with Crippen molar-refractivity contribution < 1.29 is 17.6 Å². The van der Waals surface area contributed by atoms with Crippen LogP contribution in [-0.2, 0) is 16.4 Å². The zero-order chi connectivity index (χ0) is 18.6. The predicted molar refractivity (Wildman–Crippen MR) is 96.9 cm³/mol. The molecule has 0 unspecified atom stereocenters. The van der Waals surface area contributed by atoms with Crippen molar-refractivity contribution in [3.05, 3.63) is 65.5 Å². The molecule has 0 radical (unpaired) electrons. The molecule has 0 spiro atoms. The molecule has 5 nitrogen and oxygen atoms in total. The van der Waals surface area contributed by atoms with Crippen LogP contribution in [0.4, 0.5) is 4.39 Å². The molecule has 1 amide bonds. The molecule has 26 heavy (non-hydrogen) atoms. The minimum Gasteiger partial charge on any atom is -0.339 e. The lowest BCUT2D eigenvalue weighted by atomic mass is 10.1. The quantitative estimate of drug-likeness (QED) is 0.843. The highest BCUT2D eigenvalue weighted by molar-refractivity contribution is 7.89.